The van der Waals surface area contributed by atoms with Crippen LogP contribution in [0.2, 0.25) is 0 Å². The number of nitrogens with two attached hydrogens (primary N) is 2. The Morgan fingerprint density at radius 1 is 0.947 bits per heavy atom. The fraction of sp³-hybridized carbons (Fsp3) is 0.667. The smallest absolute Gasteiger partial charge is 0.325 e. The molecule has 0 spiro atoms. The van der Waals surface area contributed by atoms with Crippen LogP contribution in [0.25, 0.3) is 0 Å². The Morgan fingerprint density at radius 2 is 1.45 bits per heavy atom. The van der Waals surface area contributed by atoms with Crippen LogP contribution in [-0.4, -0.2) is 122 Å². The predicted octanol–water partition coefficient (Wildman–Crippen LogP) is -3.38. The van der Waals surface area contributed by atoms with E-state index < -0.39 is 95.1 Å². The number of aliphatic hydroxyl groups is 4. The van der Waals surface area contributed by atoms with E-state index in [0.717, 1.165) is 9.80 Å². The van der Waals surface area contributed by atoms with E-state index >= 15 is 0 Å². The number of alkyl halides is 2. The summed E-state index contributed by atoms with van der Waals surface area (Å²) in [6.07, 6.45) is -8.82. The van der Waals surface area contributed by atoms with E-state index in [1.165, 1.54) is 24.6 Å². The first-order chi connectivity index (χ1) is 18.0. The third-order valence-electron chi connectivity index (χ3n) is 5.47. The highest BCUT2D eigenvalue weighted by molar-refractivity contribution is 7.45. The lowest BCUT2D eigenvalue weighted by Gasteiger charge is -2.31. The number of carbonyl (C=O) groups is 2. The Labute approximate surface area is 215 Å². The van der Waals surface area contributed by atoms with Crippen molar-refractivity contribution in [2.45, 2.75) is 61.7 Å². The van der Waals surface area contributed by atoms with Crippen molar-refractivity contribution in [1.82, 2.24) is 20.4 Å². The molecule has 4 heterocycles. The summed E-state index contributed by atoms with van der Waals surface area (Å²) in [6.45, 7) is -0.562. The van der Waals surface area contributed by atoms with Gasteiger partial charge in [-0.3, -0.25) is 9.80 Å². The Hall–Kier alpha value is -2.13. The van der Waals surface area contributed by atoms with Gasteiger partial charge in [-0.25, -0.2) is 18.4 Å². The van der Waals surface area contributed by atoms with Crippen molar-refractivity contribution in [3.8, 4) is 0 Å². The number of nitrogens with zero attached hydrogens (tertiary/aromatic N) is 2. The van der Waals surface area contributed by atoms with Gasteiger partial charge in [-0.2, -0.15) is 9.56 Å². The predicted molar refractivity (Wildman–Crippen MR) is 120 cm³/mol. The zero-order valence-electron chi connectivity index (χ0n) is 19.4. The normalized spacial score (nSPS) is 39.5. The maximum Gasteiger partial charge on any atom is 0.325 e. The van der Waals surface area contributed by atoms with Gasteiger partial charge >= 0.3 is 12.1 Å². The first-order valence-electron chi connectivity index (χ1n) is 11.0. The molecule has 0 aliphatic carbocycles. The third-order valence-corrected chi connectivity index (χ3v) is 5.97. The lowest BCUT2D eigenvalue weighted by Crippen LogP contribution is -2.55. The van der Waals surface area contributed by atoms with Crippen LogP contribution in [0.5, 0.6) is 0 Å². The number of aliphatic hydroxyl groups excluding tert-OH is 4. The van der Waals surface area contributed by atoms with Crippen molar-refractivity contribution in [1.29, 1.82) is 0 Å². The standard InChI is InChI=1S/C9H15FN3O7P.C9H14FN3O4/c10-5-6(15)7(13-2-1-4(11)12-9(13)16)18-8(5)19-20-21(17)3-14;10-6-4(3-14)17-8(7(6)15)13-2-1-5(11)12-9(13)16/h1-2,4-8,14-15,17H,3,11H2,(H,12,16);1-2,4-8,14-15H,3,11H2,(H,12,16)/t4?,5-,6?,7-,8-,21?;4-,5?,6+,7?,8-/m11/s1. The van der Waals surface area contributed by atoms with E-state index in [0.29, 0.717) is 0 Å². The molecule has 0 saturated carbocycles. The molecule has 4 aliphatic rings. The summed E-state index contributed by atoms with van der Waals surface area (Å²) in [4.78, 5) is 38.6. The zero-order chi connectivity index (χ0) is 28.1. The Bertz CT molecular complexity index is 896. The molecular formula is C18H29F2N6O11P. The van der Waals surface area contributed by atoms with E-state index in [4.69, 9.17) is 36.0 Å². The molecule has 0 aromatic rings. The van der Waals surface area contributed by atoms with Gasteiger partial charge in [-0.05, 0) is 12.2 Å². The number of hydrogen-bond acceptors (Lipinski definition) is 13. The van der Waals surface area contributed by atoms with Crippen molar-refractivity contribution in [3.05, 3.63) is 24.6 Å². The van der Waals surface area contributed by atoms with Crippen molar-refractivity contribution >= 4 is 20.4 Å². The van der Waals surface area contributed by atoms with Crippen molar-refractivity contribution in [2.75, 3.05) is 13.0 Å². The monoisotopic (exact) mass is 574 g/mol. The minimum Gasteiger partial charge on any atom is -0.394 e. The Kier molecular flexibility index (Phi) is 10.6. The van der Waals surface area contributed by atoms with E-state index in [1.807, 2.05) is 0 Å². The Morgan fingerprint density at radius 3 is 1.89 bits per heavy atom. The number of ether oxygens (including phenoxy) is 2. The van der Waals surface area contributed by atoms with Crippen LogP contribution in [0.1, 0.15) is 0 Å². The summed E-state index contributed by atoms with van der Waals surface area (Å²) in [5, 5.41) is 41.5. The Balaban J connectivity index is 0.000000215. The number of urea groups is 2. The SMILES string of the molecule is NC1C=CN([C@@H]2O[C@H](CO)[C@H](F)C2O)C(=O)N1.NC1C=CN([C@@H]2O[C@H](OOP(O)CO)[C@H](F)C2O)C(=O)N1. The molecule has 20 heteroatoms. The van der Waals surface area contributed by atoms with Crippen LogP contribution in [0.3, 0.4) is 0 Å². The number of nitrogens with one attached hydrogen (secondary N) is 2. The summed E-state index contributed by atoms with van der Waals surface area (Å²) in [5.74, 6) is 0. The van der Waals surface area contributed by atoms with E-state index in [2.05, 4.69) is 20.2 Å². The molecule has 0 radical (unpaired) electrons. The maximum absolute atomic E-state index is 13.8. The molecule has 4 amide bonds. The van der Waals surface area contributed by atoms with Crippen LogP contribution in [-0.2, 0) is 19.0 Å². The topological polar surface area (TPSA) is 255 Å². The maximum atomic E-state index is 13.8. The largest absolute Gasteiger partial charge is 0.394 e. The summed E-state index contributed by atoms with van der Waals surface area (Å²) in [5.41, 5.74) is 10.9. The van der Waals surface area contributed by atoms with Crippen LogP contribution < -0.4 is 22.1 Å². The third kappa shape index (κ3) is 6.89. The fourth-order valence-electron chi connectivity index (χ4n) is 3.56. The quantitative estimate of drug-likeness (QED) is 0.0818. The first-order valence-corrected chi connectivity index (χ1v) is 12.4. The molecule has 38 heavy (non-hydrogen) atoms. The average Bonchev–Trinajstić information content (AvgIpc) is 3.32. The van der Waals surface area contributed by atoms with Gasteiger partial charge < -0.3 is 56.9 Å². The summed E-state index contributed by atoms with van der Waals surface area (Å²) < 4.78 is 41.7. The first kappa shape index (κ1) is 30.4. The number of halogens is 2. The average molecular weight is 574 g/mol. The van der Waals surface area contributed by atoms with Crippen LogP contribution in [0.15, 0.2) is 24.6 Å². The van der Waals surface area contributed by atoms with Gasteiger partial charge in [0.25, 0.3) is 0 Å². The minimum absolute atomic E-state index is 0.562. The zero-order valence-corrected chi connectivity index (χ0v) is 20.3. The molecule has 4 aliphatic heterocycles. The van der Waals surface area contributed by atoms with Crippen molar-refractivity contribution in [2.24, 2.45) is 11.5 Å². The molecule has 0 bridgehead atoms. The second-order valence-corrected chi connectivity index (χ2v) is 9.26. The number of amides is 4. The van der Waals surface area contributed by atoms with Crippen LogP contribution >= 0.6 is 8.38 Å². The molecule has 5 unspecified atom stereocenters. The fourth-order valence-corrected chi connectivity index (χ4v) is 3.79. The highest BCUT2D eigenvalue weighted by atomic mass is 31.2. The van der Waals surface area contributed by atoms with Gasteiger partial charge in [0, 0.05) is 12.4 Å². The van der Waals surface area contributed by atoms with Crippen molar-refractivity contribution in [3.63, 3.8) is 0 Å². The molecule has 17 nitrogen and oxygen atoms in total. The molecule has 0 aromatic carbocycles. The van der Waals surface area contributed by atoms with Gasteiger partial charge in [0.15, 0.2) is 24.8 Å². The lowest BCUT2D eigenvalue weighted by atomic mass is 10.1. The number of carbonyl (C=O) groups excluding carboxylic acids is 2. The molecule has 11 N–H and O–H groups in total. The second kappa shape index (κ2) is 13.3. The van der Waals surface area contributed by atoms with Gasteiger partial charge in [0.1, 0.15) is 24.7 Å². The molecule has 0 aromatic heterocycles. The molecule has 2 fully saturated rings. The summed E-state index contributed by atoms with van der Waals surface area (Å²) in [7, 11) is -2.29. The lowest BCUT2D eigenvalue weighted by molar-refractivity contribution is -0.327. The van der Waals surface area contributed by atoms with Gasteiger partial charge in [0.2, 0.25) is 14.7 Å². The van der Waals surface area contributed by atoms with Gasteiger partial charge in [0.05, 0.1) is 18.9 Å². The summed E-state index contributed by atoms with van der Waals surface area (Å²) in [6, 6.07) is -1.27. The van der Waals surface area contributed by atoms with Crippen molar-refractivity contribution < 1.29 is 62.7 Å². The number of rotatable bonds is 7. The van der Waals surface area contributed by atoms with E-state index in [9.17, 15) is 28.6 Å². The number of hydrogen-bond donors (Lipinski definition) is 9. The van der Waals surface area contributed by atoms with E-state index in [-0.39, 0.29) is 0 Å². The molecule has 11 atom stereocenters. The molecule has 2 saturated heterocycles. The highest BCUT2D eigenvalue weighted by Crippen LogP contribution is 2.34. The minimum atomic E-state index is -2.29. The van der Waals surface area contributed by atoms with Crippen LogP contribution in [0.4, 0.5) is 18.4 Å². The van der Waals surface area contributed by atoms with Gasteiger partial charge in [-0.1, -0.05) is 0 Å². The van der Waals surface area contributed by atoms with E-state index in [1.54, 1.807) is 0 Å². The molecule has 216 valence electrons. The second-order valence-electron chi connectivity index (χ2n) is 8.13. The van der Waals surface area contributed by atoms with Crippen LogP contribution in [0, 0.1) is 0 Å². The molecule has 4 rings (SSSR count). The van der Waals surface area contributed by atoms with Gasteiger partial charge in [-0.15, -0.1) is 0 Å². The molecular weight excluding hydrogens is 545 g/mol. The summed E-state index contributed by atoms with van der Waals surface area (Å²) >= 11 is 0. The highest BCUT2D eigenvalue weighted by Gasteiger charge is 2.50.